The van der Waals surface area contributed by atoms with Crippen molar-refractivity contribution in [2.75, 3.05) is 38.1 Å². The number of rotatable bonds is 8. The topological polar surface area (TPSA) is 152 Å². The zero-order valence-electron chi connectivity index (χ0n) is 18.6. The Hall–Kier alpha value is -2.19. The van der Waals surface area contributed by atoms with E-state index >= 15 is 0 Å². The van der Waals surface area contributed by atoms with Crippen LogP contribution in [-0.4, -0.2) is 100 Å². The van der Waals surface area contributed by atoms with E-state index in [2.05, 4.69) is 21.1 Å². The summed E-state index contributed by atoms with van der Waals surface area (Å²) in [6.45, 7) is 4.27. The van der Waals surface area contributed by atoms with Crippen molar-refractivity contribution in [1.82, 2.24) is 9.80 Å². The van der Waals surface area contributed by atoms with Crippen molar-refractivity contribution in [3.63, 3.8) is 0 Å². The Morgan fingerprint density at radius 2 is 2.00 bits per heavy atom. The van der Waals surface area contributed by atoms with Crippen LogP contribution in [-0.2, 0) is 38.2 Å². The lowest BCUT2D eigenvalue weighted by Gasteiger charge is -2.55. The van der Waals surface area contributed by atoms with Gasteiger partial charge < -0.3 is 24.3 Å². The van der Waals surface area contributed by atoms with Gasteiger partial charge in [0.15, 0.2) is 0 Å². The number of carbonyl (C=O) groups excluding carboxylic acids is 5. The molecular formula is C19H26BrN3O9S. The minimum absolute atomic E-state index is 0.0621. The van der Waals surface area contributed by atoms with Crippen LogP contribution in [0.4, 0.5) is 0 Å². The van der Waals surface area contributed by atoms with Gasteiger partial charge in [0.2, 0.25) is 18.6 Å². The SMILES string of the molecule is COCC1(C(=O)OCOC(=O)C(C)(C)C)CS[C@@H]2C(N(C(=O)C=NO)C(=O)CBr)C(=O)N2C1. The molecule has 2 saturated heterocycles. The highest BCUT2D eigenvalue weighted by Gasteiger charge is 2.60. The van der Waals surface area contributed by atoms with Crippen molar-refractivity contribution in [2.45, 2.75) is 32.2 Å². The smallest absolute Gasteiger partial charge is 0.319 e. The first-order valence-electron chi connectivity index (χ1n) is 9.78. The molecule has 0 bridgehead atoms. The normalized spacial score (nSPS) is 24.6. The highest BCUT2D eigenvalue weighted by molar-refractivity contribution is 9.09. The fraction of sp³-hybridized carbons (Fsp3) is 0.684. The van der Waals surface area contributed by atoms with Crippen molar-refractivity contribution in [3.05, 3.63) is 0 Å². The average molecular weight is 552 g/mol. The molecule has 1 N–H and O–H groups in total. The van der Waals surface area contributed by atoms with Crippen molar-refractivity contribution in [1.29, 1.82) is 0 Å². The average Bonchev–Trinajstić information content (AvgIpc) is 2.76. The summed E-state index contributed by atoms with van der Waals surface area (Å²) in [7, 11) is 1.40. The second-order valence-corrected chi connectivity index (χ2v) is 10.2. The quantitative estimate of drug-likeness (QED) is 0.0841. The van der Waals surface area contributed by atoms with Gasteiger partial charge in [0.25, 0.3) is 5.91 Å². The third kappa shape index (κ3) is 5.66. The molecule has 33 heavy (non-hydrogen) atoms. The standard InChI is InChI=1S/C19H26BrN3O9S/c1-18(2,3)16(27)31-10-32-17(28)19(8-30-4)7-22-14(26)13(15(22)33-9-19)23(11(24)5-20)12(25)6-21-29/h6,13,15,29H,5,7-10H2,1-4H3/t13?,15-,19?/m1/s1. The molecule has 2 unspecified atom stereocenters. The molecule has 2 aliphatic rings. The maximum Gasteiger partial charge on any atom is 0.319 e. The lowest BCUT2D eigenvalue weighted by atomic mass is 9.87. The Bertz CT molecular complexity index is 847. The number of alkyl halides is 1. The Morgan fingerprint density at radius 1 is 1.33 bits per heavy atom. The van der Waals surface area contributed by atoms with Gasteiger partial charge in [-0.25, -0.2) is 0 Å². The summed E-state index contributed by atoms with van der Waals surface area (Å²) in [4.78, 5) is 64.2. The highest BCUT2D eigenvalue weighted by Crippen LogP contribution is 2.44. The van der Waals surface area contributed by atoms with E-state index in [9.17, 15) is 24.0 Å². The molecule has 2 fully saturated rings. The molecule has 12 nitrogen and oxygen atoms in total. The van der Waals surface area contributed by atoms with E-state index in [1.165, 1.54) is 23.8 Å². The van der Waals surface area contributed by atoms with Gasteiger partial charge in [-0.15, -0.1) is 11.8 Å². The van der Waals surface area contributed by atoms with Crippen LogP contribution in [0.25, 0.3) is 0 Å². The summed E-state index contributed by atoms with van der Waals surface area (Å²) in [6.07, 6.45) is 0.537. The third-order valence-electron chi connectivity index (χ3n) is 5.03. The first kappa shape index (κ1) is 27.1. The molecule has 184 valence electrons. The van der Waals surface area contributed by atoms with Gasteiger partial charge >= 0.3 is 11.9 Å². The molecule has 2 rings (SSSR count). The molecule has 0 aromatic heterocycles. The minimum atomic E-state index is -1.23. The van der Waals surface area contributed by atoms with Crippen LogP contribution in [0.3, 0.4) is 0 Å². The first-order valence-corrected chi connectivity index (χ1v) is 12.0. The molecule has 14 heteroatoms. The number of ether oxygens (including phenoxy) is 3. The van der Waals surface area contributed by atoms with E-state index in [-0.39, 0.29) is 24.2 Å². The molecular weight excluding hydrogens is 526 g/mol. The molecule has 2 aliphatic heterocycles. The molecule has 2 heterocycles. The van der Waals surface area contributed by atoms with E-state index in [4.69, 9.17) is 19.4 Å². The second-order valence-electron chi connectivity index (χ2n) is 8.54. The number of oxime groups is 1. The zero-order valence-corrected chi connectivity index (χ0v) is 21.0. The van der Waals surface area contributed by atoms with Gasteiger partial charge in [0.05, 0.1) is 17.4 Å². The van der Waals surface area contributed by atoms with Crippen LogP contribution in [0, 0.1) is 10.8 Å². The van der Waals surface area contributed by atoms with Gasteiger partial charge in [-0.2, -0.15) is 0 Å². The molecule has 0 spiro atoms. The maximum absolute atomic E-state index is 12.9. The number of esters is 2. The summed E-state index contributed by atoms with van der Waals surface area (Å²) >= 11 is 4.16. The van der Waals surface area contributed by atoms with Gasteiger partial charge in [0, 0.05) is 19.4 Å². The van der Waals surface area contributed by atoms with E-state index in [1.54, 1.807) is 20.8 Å². The predicted octanol–water partition coefficient (Wildman–Crippen LogP) is 0.203. The Kier molecular flexibility index (Phi) is 8.88. The second kappa shape index (κ2) is 10.8. The van der Waals surface area contributed by atoms with Crippen LogP contribution >= 0.6 is 27.7 Å². The summed E-state index contributed by atoms with van der Waals surface area (Å²) < 4.78 is 15.3. The van der Waals surface area contributed by atoms with Crippen LogP contribution in [0.1, 0.15) is 20.8 Å². The maximum atomic E-state index is 12.9. The van der Waals surface area contributed by atoms with Crippen LogP contribution in [0.5, 0.6) is 0 Å². The lowest BCUT2D eigenvalue weighted by Crippen LogP contribution is -2.75. The fourth-order valence-corrected chi connectivity index (χ4v) is 5.18. The molecule has 0 aromatic rings. The lowest BCUT2D eigenvalue weighted by molar-refractivity contribution is -0.184. The monoisotopic (exact) mass is 551 g/mol. The Labute approximate surface area is 203 Å². The van der Waals surface area contributed by atoms with Crippen molar-refractivity contribution >= 4 is 63.6 Å². The van der Waals surface area contributed by atoms with Crippen molar-refractivity contribution in [2.24, 2.45) is 16.0 Å². The first-order chi connectivity index (χ1) is 15.4. The number of halogens is 1. The van der Waals surface area contributed by atoms with Gasteiger partial charge in [-0.05, 0) is 20.8 Å². The van der Waals surface area contributed by atoms with E-state index in [0.717, 1.165) is 4.90 Å². The number of hydrogen-bond acceptors (Lipinski definition) is 11. The fourth-order valence-electron chi connectivity index (χ4n) is 3.35. The summed E-state index contributed by atoms with van der Waals surface area (Å²) in [5.41, 5.74) is -1.99. The highest BCUT2D eigenvalue weighted by atomic mass is 79.9. The third-order valence-corrected chi connectivity index (χ3v) is 7.08. The molecule has 0 radical (unpaired) electrons. The Morgan fingerprint density at radius 3 is 2.55 bits per heavy atom. The van der Waals surface area contributed by atoms with Crippen LogP contribution in [0.2, 0.25) is 0 Å². The number of nitrogens with zero attached hydrogens (tertiary/aromatic N) is 3. The molecule has 3 amide bonds. The Balaban J connectivity index is 2.13. The number of β-lactam (4-membered cyclic amide) rings is 1. The van der Waals surface area contributed by atoms with Gasteiger partial charge in [-0.3, -0.25) is 28.9 Å². The number of hydrogen-bond donors (Lipinski definition) is 1. The molecule has 0 saturated carbocycles. The molecule has 0 aromatic carbocycles. The summed E-state index contributed by atoms with van der Waals surface area (Å²) in [6, 6.07) is -1.10. The van der Waals surface area contributed by atoms with Crippen molar-refractivity contribution < 1.29 is 43.4 Å². The number of methoxy groups -OCH3 is 1. The minimum Gasteiger partial charge on any atom is -0.427 e. The zero-order chi connectivity index (χ0) is 25.0. The predicted molar refractivity (Wildman–Crippen MR) is 118 cm³/mol. The summed E-state index contributed by atoms with van der Waals surface area (Å²) in [5, 5.41) is 10.5. The van der Waals surface area contributed by atoms with Crippen LogP contribution < -0.4 is 0 Å². The number of fused-ring (bicyclic) bond motifs is 1. The number of amides is 3. The van der Waals surface area contributed by atoms with Crippen LogP contribution in [0.15, 0.2) is 5.16 Å². The number of imide groups is 1. The summed E-state index contributed by atoms with van der Waals surface area (Å²) in [5.74, 6) is -3.24. The molecule has 0 aliphatic carbocycles. The largest absolute Gasteiger partial charge is 0.427 e. The van der Waals surface area contributed by atoms with Gasteiger partial charge in [0.1, 0.15) is 23.0 Å². The van der Waals surface area contributed by atoms with Crippen molar-refractivity contribution in [3.8, 4) is 0 Å². The van der Waals surface area contributed by atoms with E-state index in [0.29, 0.717) is 6.21 Å². The van der Waals surface area contributed by atoms with E-state index < -0.39 is 58.7 Å². The number of carbonyl (C=O) groups is 5. The molecule has 3 atom stereocenters. The van der Waals surface area contributed by atoms with Gasteiger partial charge in [-0.1, -0.05) is 21.1 Å². The number of thioether (sulfide) groups is 1. The van der Waals surface area contributed by atoms with E-state index in [1.807, 2.05) is 0 Å².